The molecule has 1 aromatic rings. The summed E-state index contributed by atoms with van der Waals surface area (Å²) in [5, 5.41) is 12.7. The minimum absolute atomic E-state index is 0.0529. The fourth-order valence-electron chi connectivity index (χ4n) is 1.29. The number of nitrogens with one attached hydrogen (secondary N) is 1. The third-order valence-electron chi connectivity index (χ3n) is 2.23. The fraction of sp³-hybridized carbons (Fsp3) is 0.273. The van der Waals surface area contributed by atoms with Gasteiger partial charge in [-0.25, -0.2) is 4.79 Å². The van der Waals surface area contributed by atoms with Crippen LogP contribution in [0.5, 0.6) is 0 Å². The maximum absolute atomic E-state index is 13.1. The molecule has 0 spiro atoms. The summed E-state index contributed by atoms with van der Waals surface area (Å²) < 4.78 is 17.6. The van der Waals surface area contributed by atoms with Gasteiger partial charge in [0, 0.05) is 11.8 Å². The molecule has 0 saturated carbocycles. The molecule has 0 fully saturated rings. The Labute approximate surface area is 112 Å². The van der Waals surface area contributed by atoms with E-state index in [4.69, 9.17) is 5.73 Å². The smallest absolute Gasteiger partial charge is 0.332 e. The van der Waals surface area contributed by atoms with Gasteiger partial charge >= 0.3 is 11.7 Å². The van der Waals surface area contributed by atoms with Crippen molar-refractivity contribution < 1.29 is 23.6 Å². The van der Waals surface area contributed by atoms with Crippen molar-refractivity contribution in [3.8, 4) is 0 Å². The number of nitro benzene ring substituents is 1. The number of nitrogens with zero attached hydrogens (tertiary/aromatic N) is 1. The zero-order chi connectivity index (χ0) is 15.3. The van der Waals surface area contributed by atoms with Gasteiger partial charge < -0.3 is 15.8 Å². The number of benzene rings is 1. The molecule has 0 heterocycles. The highest BCUT2D eigenvalue weighted by atomic mass is 19.1. The molecule has 9 heteroatoms. The van der Waals surface area contributed by atoms with Crippen molar-refractivity contribution >= 4 is 23.3 Å². The van der Waals surface area contributed by atoms with Gasteiger partial charge in [-0.15, -0.1) is 0 Å². The highest BCUT2D eigenvalue weighted by Crippen LogP contribution is 2.21. The molecule has 108 valence electrons. The molecule has 20 heavy (non-hydrogen) atoms. The molecule has 1 atom stereocenters. The lowest BCUT2D eigenvalue weighted by atomic mass is 10.2. The lowest BCUT2D eigenvalue weighted by molar-refractivity contribution is -0.387. The summed E-state index contributed by atoms with van der Waals surface area (Å²) in [5.74, 6) is -2.88. The molecule has 1 rings (SSSR count). The number of carbonyl (C=O) groups is 2. The van der Waals surface area contributed by atoms with Crippen LogP contribution in [0.4, 0.5) is 15.8 Å². The lowest BCUT2D eigenvalue weighted by Crippen LogP contribution is -2.43. The molecule has 1 amide bonds. The molecule has 0 saturated heterocycles. The van der Waals surface area contributed by atoms with E-state index in [9.17, 15) is 24.1 Å². The molecule has 3 N–H and O–H groups in total. The average Bonchev–Trinajstić information content (AvgIpc) is 2.39. The van der Waals surface area contributed by atoms with Crippen LogP contribution < -0.4 is 11.1 Å². The van der Waals surface area contributed by atoms with Gasteiger partial charge in [0.05, 0.1) is 11.5 Å². The van der Waals surface area contributed by atoms with Crippen LogP contribution in [0.15, 0.2) is 18.2 Å². The lowest BCUT2D eigenvalue weighted by Gasteiger charge is -2.11. The summed E-state index contributed by atoms with van der Waals surface area (Å²) in [6.45, 7) is 1.60. The van der Waals surface area contributed by atoms with Crippen molar-refractivity contribution in [2.24, 2.45) is 5.73 Å². The summed E-state index contributed by atoms with van der Waals surface area (Å²) in [6, 6.07) is 1.19. The second-order valence-electron chi connectivity index (χ2n) is 3.64. The first-order valence-electron chi connectivity index (χ1n) is 5.53. The number of nitrogens with two attached hydrogens (primary N) is 1. The van der Waals surface area contributed by atoms with E-state index in [2.05, 4.69) is 10.1 Å². The van der Waals surface area contributed by atoms with Crippen LogP contribution in [0.3, 0.4) is 0 Å². The molecule has 0 aliphatic carbocycles. The van der Waals surface area contributed by atoms with E-state index in [0.717, 1.165) is 18.2 Å². The molecule has 1 aromatic carbocycles. The van der Waals surface area contributed by atoms with Crippen LogP contribution in [0.1, 0.15) is 6.92 Å². The predicted octanol–water partition coefficient (Wildman–Crippen LogP) is 0.563. The maximum Gasteiger partial charge on any atom is 0.332 e. The van der Waals surface area contributed by atoms with Gasteiger partial charge in [-0.05, 0) is 19.1 Å². The molecule has 8 nitrogen and oxygen atoms in total. The molecule has 1 unspecified atom stereocenters. The van der Waals surface area contributed by atoms with Gasteiger partial charge in [0.1, 0.15) is 0 Å². The first-order chi connectivity index (χ1) is 9.36. The Morgan fingerprint density at radius 3 is 2.75 bits per heavy atom. The fourth-order valence-corrected chi connectivity index (χ4v) is 1.29. The first-order valence-corrected chi connectivity index (χ1v) is 5.53. The SMILES string of the molecule is CCOC(=O)C(N)C(=O)Nc1ccc(F)c([N+](=O)[O-])c1. The monoisotopic (exact) mass is 285 g/mol. The van der Waals surface area contributed by atoms with E-state index in [0.29, 0.717) is 0 Å². The molecule has 0 aliphatic heterocycles. The Bertz CT molecular complexity index is 549. The van der Waals surface area contributed by atoms with Crippen LogP contribution in [0.25, 0.3) is 0 Å². The van der Waals surface area contributed by atoms with Gasteiger partial charge in [0.2, 0.25) is 5.82 Å². The molecule has 0 aliphatic rings. The predicted molar refractivity (Wildman–Crippen MR) is 66.3 cm³/mol. The number of hydrogen-bond donors (Lipinski definition) is 2. The topological polar surface area (TPSA) is 125 Å². The zero-order valence-electron chi connectivity index (χ0n) is 10.5. The van der Waals surface area contributed by atoms with Crippen LogP contribution in [-0.2, 0) is 14.3 Å². The number of ether oxygens (including phenoxy) is 1. The van der Waals surface area contributed by atoms with Gasteiger partial charge in [-0.1, -0.05) is 0 Å². The van der Waals surface area contributed by atoms with E-state index in [-0.39, 0.29) is 12.3 Å². The summed E-state index contributed by atoms with van der Waals surface area (Å²) in [7, 11) is 0. The van der Waals surface area contributed by atoms with Crippen LogP contribution in [0.2, 0.25) is 0 Å². The standard InChI is InChI=1S/C11H12FN3O5/c1-2-20-11(17)9(13)10(16)14-6-3-4-7(12)8(5-6)15(18)19/h3-5,9H,2,13H2,1H3,(H,14,16). The van der Waals surface area contributed by atoms with E-state index in [1.807, 2.05) is 0 Å². The second-order valence-corrected chi connectivity index (χ2v) is 3.64. The zero-order valence-corrected chi connectivity index (χ0v) is 10.5. The van der Waals surface area contributed by atoms with Crippen molar-refractivity contribution in [1.29, 1.82) is 0 Å². The second kappa shape index (κ2) is 6.57. The number of hydrogen-bond acceptors (Lipinski definition) is 6. The Hall–Kier alpha value is -2.55. The van der Waals surface area contributed by atoms with E-state index < -0.39 is 34.3 Å². The Morgan fingerprint density at radius 1 is 1.55 bits per heavy atom. The number of nitro groups is 1. The highest BCUT2D eigenvalue weighted by molar-refractivity contribution is 6.08. The van der Waals surface area contributed by atoms with E-state index in [1.54, 1.807) is 6.92 Å². The summed E-state index contributed by atoms with van der Waals surface area (Å²) in [4.78, 5) is 32.4. The number of anilines is 1. The Balaban J connectivity index is 2.83. The van der Waals surface area contributed by atoms with Gasteiger partial charge in [-0.3, -0.25) is 14.9 Å². The number of halogens is 1. The quantitative estimate of drug-likeness (QED) is 0.352. The molecule has 0 bridgehead atoms. The van der Waals surface area contributed by atoms with E-state index in [1.165, 1.54) is 0 Å². The number of amides is 1. The Morgan fingerprint density at radius 2 is 2.20 bits per heavy atom. The van der Waals surface area contributed by atoms with E-state index >= 15 is 0 Å². The summed E-state index contributed by atoms with van der Waals surface area (Å²) >= 11 is 0. The van der Waals surface area contributed by atoms with Gasteiger partial charge in [0.25, 0.3) is 5.91 Å². The van der Waals surface area contributed by atoms with Crippen molar-refractivity contribution in [1.82, 2.24) is 0 Å². The summed E-state index contributed by atoms with van der Waals surface area (Å²) in [6.07, 6.45) is 0. The minimum atomic E-state index is -1.57. The molecule has 0 radical (unpaired) electrons. The highest BCUT2D eigenvalue weighted by Gasteiger charge is 2.24. The minimum Gasteiger partial charge on any atom is -0.464 e. The molecule has 0 aromatic heterocycles. The largest absolute Gasteiger partial charge is 0.464 e. The summed E-state index contributed by atoms with van der Waals surface area (Å²) in [5.41, 5.74) is 4.48. The number of esters is 1. The normalized spacial score (nSPS) is 11.6. The third-order valence-corrected chi connectivity index (χ3v) is 2.23. The maximum atomic E-state index is 13.1. The Kier molecular flexibility index (Phi) is 5.09. The van der Waals surface area contributed by atoms with Gasteiger partial charge in [0.15, 0.2) is 6.04 Å². The van der Waals surface area contributed by atoms with Crippen molar-refractivity contribution in [2.75, 3.05) is 11.9 Å². The average molecular weight is 285 g/mol. The number of carbonyl (C=O) groups excluding carboxylic acids is 2. The van der Waals surface area contributed by atoms with Crippen molar-refractivity contribution in [3.05, 3.63) is 34.1 Å². The van der Waals surface area contributed by atoms with Crippen LogP contribution in [0, 0.1) is 15.9 Å². The first kappa shape index (κ1) is 15.5. The third kappa shape index (κ3) is 3.72. The number of rotatable bonds is 5. The molecular formula is C11H12FN3O5. The van der Waals surface area contributed by atoms with Crippen LogP contribution in [-0.4, -0.2) is 29.4 Å². The van der Waals surface area contributed by atoms with Crippen molar-refractivity contribution in [2.45, 2.75) is 13.0 Å². The van der Waals surface area contributed by atoms with Gasteiger partial charge in [-0.2, -0.15) is 4.39 Å². The van der Waals surface area contributed by atoms with Crippen molar-refractivity contribution in [3.63, 3.8) is 0 Å². The molecular weight excluding hydrogens is 273 g/mol. The van der Waals surface area contributed by atoms with Crippen LogP contribution >= 0.6 is 0 Å².